The van der Waals surface area contributed by atoms with Crippen molar-refractivity contribution in [2.24, 2.45) is 0 Å². The quantitative estimate of drug-likeness (QED) is 0.665. The van der Waals surface area contributed by atoms with Gasteiger partial charge in [-0.3, -0.25) is 9.55 Å². The maximum Gasteiger partial charge on any atom is 0.434 e. The van der Waals surface area contributed by atoms with Gasteiger partial charge in [-0.15, -0.1) is 0 Å². The van der Waals surface area contributed by atoms with E-state index in [0.29, 0.717) is 11.3 Å². The minimum absolute atomic E-state index is 0.0144. The molecular weight excluding hydrogens is 391 g/mol. The Hall–Kier alpha value is -2.39. The van der Waals surface area contributed by atoms with E-state index in [1.807, 2.05) is 0 Å². The summed E-state index contributed by atoms with van der Waals surface area (Å²) in [4.78, 5) is 7.59. The Labute approximate surface area is 152 Å². The summed E-state index contributed by atoms with van der Waals surface area (Å²) in [6.07, 6.45) is -0.0614. The van der Waals surface area contributed by atoms with Crippen molar-refractivity contribution in [3.8, 4) is 17.1 Å². The molecule has 26 heavy (non-hydrogen) atoms. The van der Waals surface area contributed by atoms with Crippen molar-refractivity contribution < 1.29 is 21.6 Å². The van der Waals surface area contributed by atoms with Crippen molar-refractivity contribution in [1.82, 2.24) is 14.5 Å². The summed E-state index contributed by atoms with van der Waals surface area (Å²) < 4.78 is 63.7. The van der Waals surface area contributed by atoms with E-state index >= 15 is 0 Å². The first-order chi connectivity index (χ1) is 12.1. The Morgan fingerprint density at radius 2 is 1.77 bits per heavy atom. The van der Waals surface area contributed by atoms with Gasteiger partial charge in [0.05, 0.1) is 9.92 Å². The van der Waals surface area contributed by atoms with Crippen LogP contribution in [0.4, 0.5) is 13.2 Å². The van der Waals surface area contributed by atoms with Gasteiger partial charge in [0.1, 0.15) is 5.82 Å². The molecule has 2 aromatic heterocycles. The van der Waals surface area contributed by atoms with Gasteiger partial charge in [-0.2, -0.15) is 13.2 Å². The molecule has 0 spiro atoms. The van der Waals surface area contributed by atoms with E-state index in [0.717, 1.165) is 12.5 Å². The van der Waals surface area contributed by atoms with Crippen molar-refractivity contribution >= 4 is 21.4 Å². The van der Waals surface area contributed by atoms with Gasteiger partial charge in [0.15, 0.2) is 15.5 Å². The number of benzene rings is 1. The number of rotatable bonds is 3. The third kappa shape index (κ3) is 3.73. The number of sulfone groups is 1. The van der Waals surface area contributed by atoms with Gasteiger partial charge in [0.2, 0.25) is 0 Å². The lowest BCUT2D eigenvalue weighted by Gasteiger charge is -2.08. The molecule has 3 aromatic rings. The fourth-order valence-corrected chi connectivity index (χ4v) is 3.11. The summed E-state index contributed by atoms with van der Waals surface area (Å²) in [7, 11) is -3.42. The molecule has 136 valence electrons. The molecule has 0 saturated carbocycles. The highest BCUT2D eigenvalue weighted by molar-refractivity contribution is 7.90. The van der Waals surface area contributed by atoms with Crippen LogP contribution in [0.2, 0.25) is 5.02 Å². The van der Waals surface area contributed by atoms with E-state index in [2.05, 4.69) is 9.97 Å². The number of imidazole rings is 1. The molecule has 0 aliphatic carbocycles. The Bertz CT molecular complexity index is 1060. The van der Waals surface area contributed by atoms with Crippen LogP contribution in [0.5, 0.6) is 0 Å². The van der Waals surface area contributed by atoms with Crippen LogP contribution in [0.1, 0.15) is 5.69 Å². The van der Waals surface area contributed by atoms with Gasteiger partial charge in [0, 0.05) is 36.1 Å². The van der Waals surface area contributed by atoms with E-state index < -0.39 is 21.7 Å². The summed E-state index contributed by atoms with van der Waals surface area (Å²) >= 11 is 5.87. The van der Waals surface area contributed by atoms with Gasteiger partial charge < -0.3 is 0 Å². The minimum Gasteiger partial charge on any atom is -0.299 e. The van der Waals surface area contributed by atoms with Crippen molar-refractivity contribution in [1.29, 1.82) is 0 Å². The van der Waals surface area contributed by atoms with Crippen molar-refractivity contribution in [2.75, 3.05) is 6.26 Å². The lowest BCUT2D eigenvalue weighted by Crippen LogP contribution is -2.05. The first-order valence-electron chi connectivity index (χ1n) is 7.14. The molecule has 1 aromatic carbocycles. The molecule has 0 radical (unpaired) electrons. The fraction of sp³-hybridized carbons (Fsp3) is 0.125. The molecule has 0 aliphatic rings. The summed E-state index contributed by atoms with van der Waals surface area (Å²) in [5.41, 5.74) is -0.477. The number of aromatic nitrogens is 3. The van der Waals surface area contributed by atoms with Crippen LogP contribution in [0, 0.1) is 0 Å². The van der Waals surface area contributed by atoms with Gasteiger partial charge in [-0.1, -0.05) is 11.6 Å². The molecular formula is C16H11ClF3N3O2S. The van der Waals surface area contributed by atoms with Crippen LogP contribution in [0.3, 0.4) is 0 Å². The topological polar surface area (TPSA) is 64.8 Å². The predicted octanol–water partition coefficient (Wildman–Crippen LogP) is 4.01. The average molecular weight is 402 g/mol. The number of nitrogens with zero attached hydrogens (tertiary/aromatic N) is 3. The summed E-state index contributed by atoms with van der Waals surface area (Å²) in [5, 5.41) is 0.248. The normalized spacial score (nSPS) is 12.3. The smallest absolute Gasteiger partial charge is 0.299 e. The van der Waals surface area contributed by atoms with Gasteiger partial charge >= 0.3 is 6.18 Å². The molecule has 3 rings (SSSR count). The van der Waals surface area contributed by atoms with E-state index in [1.54, 1.807) is 0 Å². The zero-order valence-electron chi connectivity index (χ0n) is 13.2. The lowest BCUT2D eigenvalue weighted by molar-refractivity contribution is -0.140. The summed E-state index contributed by atoms with van der Waals surface area (Å²) in [6, 6.07) is 6.88. The SMILES string of the molecule is CS(=O)(=O)c1ccc(-n2cc(C(F)(F)F)nc2-c2cncc(Cl)c2)cc1. The predicted molar refractivity (Wildman–Crippen MR) is 89.9 cm³/mol. The van der Waals surface area contributed by atoms with Crippen LogP contribution in [-0.2, 0) is 16.0 Å². The molecule has 0 unspecified atom stereocenters. The first kappa shape index (κ1) is 18.4. The minimum atomic E-state index is -4.64. The standard InChI is InChI=1S/C16H11ClF3N3O2S/c1-26(24,25)13-4-2-12(3-5-13)23-9-14(16(18,19)20)22-15(23)10-6-11(17)8-21-7-10/h2-9H,1H3. The molecule has 5 nitrogen and oxygen atoms in total. The maximum absolute atomic E-state index is 13.1. The lowest BCUT2D eigenvalue weighted by atomic mass is 10.2. The second-order valence-corrected chi connectivity index (χ2v) is 7.93. The second kappa shape index (κ2) is 6.40. The Kier molecular flexibility index (Phi) is 4.53. The van der Waals surface area contributed by atoms with E-state index in [-0.39, 0.29) is 15.7 Å². The third-order valence-corrected chi connectivity index (χ3v) is 4.84. The van der Waals surface area contributed by atoms with E-state index in [4.69, 9.17) is 11.6 Å². The highest BCUT2D eigenvalue weighted by atomic mass is 35.5. The molecule has 0 saturated heterocycles. The van der Waals surface area contributed by atoms with E-state index in [1.165, 1.54) is 47.3 Å². The Balaban J connectivity index is 2.18. The molecule has 0 fully saturated rings. The molecule has 0 aliphatic heterocycles. The number of hydrogen-bond acceptors (Lipinski definition) is 4. The second-order valence-electron chi connectivity index (χ2n) is 5.48. The monoisotopic (exact) mass is 401 g/mol. The molecule has 10 heteroatoms. The molecule has 0 bridgehead atoms. The molecule has 0 N–H and O–H groups in total. The number of halogens is 4. The van der Waals surface area contributed by atoms with Crippen LogP contribution in [-0.4, -0.2) is 29.2 Å². The zero-order valence-corrected chi connectivity index (χ0v) is 14.8. The largest absolute Gasteiger partial charge is 0.434 e. The number of pyridine rings is 1. The number of alkyl halides is 3. The molecule has 0 atom stereocenters. The van der Waals surface area contributed by atoms with Crippen LogP contribution in [0.25, 0.3) is 17.1 Å². The highest BCUT2D eigenvalue weighted by Gasteiger charge is 2.35. The van der Waals surface area contributed by atoms with Crippen molar-refractivity contribution in [3.63, 3.8) is 0 Å². The Morgan fingerprint density at radius 1 is 1.12 bits per heavy atom. The number of hydrogen-bond donors (Lipinski definition) is 0. The fourth-order valence-electron chi connectivity index (χ4n) is 2.31. The van der Waals surface area contributed by atoms with Gasteiger partial charge in [-0.25, -0.2) is 13.4 Å². The summed E-state index contributed by atoms with van der Waals surface area (Å²) in [5.74, 6) is -0.0144. The molecule has 0 amide bonds. The highest BCUT2D eigenvalue weighted by Crippen LogP contribution is 2.33. The first-order valence-corrected chi connectivity index (χ1v) is 9.40. The van der Waals surface area contributed by atoms with Crippen LogP contribution < -0.4 is 0 Å². The van der Waals surface area contributed by atoms with Crippen molar-refractivity contribution in [3.05, 3.63) is 59.6 Å². The molecule has 2 heterocycles. The van der Waals surface area contributed by atoms with Gasteiger partial charge in [0.25, 0.3) is 0 Å². The van der Waals surface area contributed by atoms with Gasteiger partial charge in [-0.05, 0) is 30.3 Å². The van der Waals surface area contributed by atoms with E-state index in [9.17, 15) is 21.6 Å². The Morgan fingerprint density at radius 3 is 2.31 bits per heavy atom. The third-order valence-electron chi connectivity index (χ3n) is 3.50. The van der Waals surface area contributed by atoms with Crippen LogP contribution in [0.15, 0.2) is 53.8 Å². The maximum atomic E-state index is 13.1. The zero-order chi connectivity index (χ0) is 19.1. The van der Waals surface area contributed by atoms with Crippen molar-refractivity contribution in [2.45, 2.75) is 11.1 Å². The average Bonchev–Trinajstić information content (AvgIpc) is 3.00. The van der Waals surface area contributed by atoms with Crippen LogP contribution >= 0.6 is 11.6 Å². The summed E-state index contributed by atoms with van der Waals surface area (Å²) in [6.45, 7) is 0.